The molecule has 2 aliphatic rings. The Labute approximate surface area is 127 Å². The predicted molar refractivity (Wildman–Crippen MR) is 82.3 cm³/mol. The summed E-state index contributed by atoms with van der Waals surface area (Å²) in [6.45, 7) is 4.37. The molecular formula is C18H26O3. The van der Waals surface area contributed by atoms with Gasteiger partial charge in [0.1, 0.15) is 0 Å². The number of ether oxygens (including phenoxy) is 2. The van der Waals surface area contributed by atoms with Gasteiger partial charge in [0.05, 0.1) is 18.3 Å². The third kappa shape index (κ3) is 3.65. The minimum Gasteiger partial charge on any atom is -0.393 e. The molecule has 0 amide bonds. The van der Waals surface area contributed by atoms with E-state index in [-0.39, 0.29) is 11.7 Å². The van der Waals surface area contributed by atoms with Crippen LogP contribution in [0.15, 0.2) is 24.3 Å². The molecule has 116 valence electrons. The molecule has 1 N–H and O–H groups in total. The summed E-state index contributed by atoms with van der Waals surface area (Å²) >= 11 is 0. The van der Waals surface area contributed by atoms with Crippen molar-refractivity contribution < 1.29 is 14.6 Å². The summed E-state index contributed by atoms with van der Waals surface area (Å²) in [5.74, 6) is 0.352. The first-order valence-electron chi connectivity index (χ1n) is 8.12. The fourth-order valence-corrected chi connectivity index (χ4v) is 3.68. The van der Waals surface area contributed by atoms with Gasteiger partial charge in [0.25, 0.3) is 0 Å². The summed E-state index contributed by atoms with van der Waals surface area (Å²) in [5, 5.41) is 10.6. The second kappa shape index (κ2) is 6.47. The molecule has 2 heterocycles. The quantitative estimate of drug-likeness (QED) is 0.926. The monoisotopic (exact) mass is 290 g/mol. The fourth-order valence-electron chi connectivity index (χ4n) is 3.68. The zero-order valence-electron chi connectivity index (χ0n) is 12.9. The van der Waals surface area contributed by atoms with Gasteiger partial charge < -0.3 is 14.6 Å². The molecule has 1 aromatic rings. The van der Waals surface area contributed by atoms with Crippen molar-refractivity contribution >= 4 is 0 Å². The van der Waals surface area contributed by atoms with Crippen molar-refractivity contribution in [1.82, 2.24) is 0 Å². The molecule has 1 aromatic carbocycles. The van der Waals surface area contributed by atoms with Crippen LogP contribution in [0.4, 0.5) is 0 Å². The fraction of sp³-hybridized carbons (Fsp3) is 0.667. The maximum Gasteiger partial charge on any atom is 0.0940 e. The molecule has 0 bridgehead atoms. The number of rotatable bonds is 4. The van der Waals surface area contributed by atoms with Crippen LogP contribution in [0.25, 0.3) is 0 Å². The topological polar surface area (TPSA) is 38.7 Å². The first-order valence-corrected chi connectivity index (χ1v) is 8.12. The van der Waals surface area contributed by atoms with Crippen LogP contribution in [0.1, 0.15) is 36.8 Å². The molecular weight excluding hydrogens is 264 g/mol. The Morgan fingerprint density at radius 1 is 1.38 bits per heavy atom. The lowest BCUT2D eigenvalue weighted by atomic mass is 9.81. The molecule has 3 nitrogen and oxygen atoms in total. The lowest BCUT2D eigenvalue weighted by molar-refractivity contribution is -0.117. The molecule has 0 aromatic heterocycles. The van der Waals surface area contributed by atoms with Gasteiger partial charge in [-0.1, -0.05) is 29.8 Å². The normalized spacial score (nSPS) is 30.7. The van der Waals surface area contributed by atoms with E-state index in [9.17, 15) is 5.11 Å². The van der Waals surface area contributed by atoms with E-state index in [1.54, 1.807) is 0 Å². The third-order valence-corrected chi connectivity index (χ3v) is 4.95. The van der Waals surface area contributed by atoms with E-state index in [4.69, 9.17) is 9.47 Å². The second-order valence-corrected chi connectivity index (χ2v) is 6.68. The molecule has 3 rings (SSSR count). The van der Waals surface area contributed by atoms with Crippen LogP contribution in [-0.2, 0) is 15.9 Å². The number of aliphatic hydroxyl groups excluding tert-OH is 1. The summed E-state index contributed by atoms with van der Waals surface area (Å²) in [6.07, 6.45) is 4.45. The molecule has 1 spiro atoms. The van der Waals surface area contributed by atoms with Crippen molar-refractivity contribution in [1.29, 1.82) is 0 Å². The maximum absolute atomic E-state index is 10.6. The zero-order valence-corrected chi connectivity index (χ0v) is 12.9. The van der Waals surface area contributed by atoms with Crippen LogP contribution in [0.2, 0.25) is 0 Å². The van der Waals surface area contributed by atoms with Crippen molar-refractivity contribution in [3.05, 3.63) is 35.4 Å². The average Bonchev–Trinajstić information content (AvgIpc) is 2.93. The standard InChI is InChI=1S/C18H26O3/c1-14-3-2-4-15(11-14)5-6-17(19)16-7-9-21-18(12-16)8-10-20-13-18/h2-4,11,16-17,19H,5-10,12-13H2,1H3. The molecule has 3 heteroatoms. The van der Waals surface area contributed by atoms with E-state index in [0.29, 0.717) is 12.5 Å². The summed E-state index contributed by atoms with van der Waals surface area (Å²) in [6, 6.07) is 8.57. The van der Waals surface area contributed by atoms with Crippen LogP contribution in [-0.4, -0.2) is 36.6 Å². The first kappa shape index (κ1) is 15.0. The van der Waals surface area contributed by atoms with Crippen molar-refractivity contribution in [3.8, 4) is 0 Å². The molecule has 0 radical (unpaired) electrons. The summed E-state index contributed by atoms with van der Waals surface area (Å²) in [7, 11) is 0. The van der Waals surface area contributed by atoms with E-state index in [2.05, 4.69) is 31.2 Å². The second-order valence-electron chi connectivity index (χ2n) is 6.68. The van der Waals surface area contributed by atoms with Crippen molar-refractivity contribution in [2.45, 2.75) is 50.7 Å². The molecule has 2 saturated heterocycles. The summed E-state index contributed by atoms with van der Waals surface area (Å²) in [5.41, 5.74) is 2.50. The Kier molecular flexibility index (Phi) is 4.63. The highest BCUT2D eigenvalue weighted by Crippen LogP contribution is 2.37. The van der Waals surface area contributed by atoms with Crippen LogP contribution < -0.4 is 0 Å². The van der Waals surface area contributed by atoms with E-state index in [1.807, 2.05) is 0 Å². The van der Waals surface area contributed by atoms with E-state index in [1.165, 1.54) is 11.1 Å². The number of aliphatic hydroxyl groups is 1. The van der Waals surface area contributed by atoms with Gasteiger partial charge in [0.2, 0.25) is 0 Å². The largest absolute Gasteiger partial charge is 0.393 e. The van der Waals surface area contributed by atoms with Gasteiger partial charge in [0.15, 0.2) is 0 Å². The van der Waals surface area contributed by atoms with Gasteiger partial charge in [-0.2, -0.15) is 0 Å². The Hall–Kier alpha value is -0.900. The minimum atomic E-state index is -0.230. The number of hydrogen-bond acceptors (Lipinski definition) is 3. The highest BCUT2D eigenvalue weighted by atomic mass is 16.6. The number of hydrogen-bond donors (Lipinski definition) is 1. The molecule has 2 aliphatic heterocycles. The first-order chi connectivity index (χ1) is 10.2. The van der Waals surface area contributed by atoms with Crippen LogP contribution in [0, 0.1) is 12.8 Å². The highest BCUT2D eigenvalue weighted by Gasteiger charge is 2.42. The molecule has 2 fully saturated rings. The number of aryl methyl sites for hydroxylation is 2. The van der Waals surface area contributed by atoms with Crippen molar-refractivity contribution in [2.24, 2.45) is 5.92 Å². The average molecular weight is 290 g/mol. The zero-order chi connectivity index (χ0) is 14.7. The molecule has 21 heavy (non-hydrogen) atoms. The van der Waals surface area contributed by atoms with E-state index < -0.39 is 0 Å². The van der Waals surface area contributed by atoms with Gasteiger partial charge in [0, 0.05) is 19.6 Å². The van der Waals surface area contributed by atoms with Crippen molar-refractivity contribution in [2.75, 3.05) is 19.8 Å². The predicted octanol–water partition coefficient (Wildman–Crippen LogP) is 2.87. The Morgan fingerprint density at radius 3 is 3.05 bits per heavy atom. The smallest absolute Gasteiger partial charge is 0.0940 e. The molecule has 0 aliphatic carbocycles. The van der Waals surface area contributed by atoms with Gasteiger partial charge >= 0.3 is 0 Å². The van der Waals surface area contributed by atoms with Crippen molar-refractivity contribution in [3.63, 3.8) is 0 Å². The van der Waals surface area contributed by atoms with E-state index in [0.717, 1.165) is 45.3 Å². The lowest BCUT2D eigenvalue weighted by Crippen LogP contribution is -2.43. The van der Waals surface area contributed by atoms with Gasteiger partial charge in [-0.25, -0.2) is 0 Å². The third-order valence-electron chi connectivity index (χ3n) is 4.95. The molecule has 3 unspecified atom stereocenters. The molecule has 0 saturated carbocycles. The Morgan fingerprint density at radius 2 is 2.29 bits per heavy atom. The van der Waals surface area contributed by atoms with Crippen LogP contribution in [0.3, 0.4) is 0 Å². The molecule has 3 atom stereocenters. The Bertz CT molecular complexity index is 465. The van der Waals surface area contributed by atoms with Gasteiger partial charge in [-0.15, -0.1) is 0 Å². The highest BCUT2D eigenvalue weighted by molar-refractivity contribution is 5.22. The SMILES string of the molecule is Cc1cccc(CCC(O)C2CCOC3(CCOC3)C2)c1. The minimum absolute atomic E-state index is 0.104. The summed E-state index contributed by atoms with van der Waals surface area (Å²) < 4.78 is 11.5. The van der Waals surface area contributed by atoms with Crippen LogP contribution in [0.5, 0.6) is 0 Å². The van der Waals surface area contributed by atoms with Gasteiger partial charge in [-0.05, 0) is 44.1 Å². The number of benzene rings is 1. The Balaban J connectivity index is 1.54. The maximum atomic E-state index is 10.6. The van der Waals surface area contributed by atoms with E-state index >= 15 is 0 Å². The van der Waals surface area contributed by atoms with Gasteiger partial charge in [-0.3, -0.25) is 0 Å². The lowest BCUT2D eigenvalue weighted by Gasteiger charge is -2.39. The summed E-state index contributed by atoms with van der Waals surface area (Å²) in [4.78, 5) is 0. The van der Waals surface area contributed by atoms with Crippen LogP contribution >= 0.6 is 0 Å².